The average Bonchev–Trinajstić information content (AvgIpc) is 3.56. The number of hydrogen-bond donors (Lipinski definition) is 2. The molecule has 3 aliphatic rings. The molecule has 0 bridgehead atoms. The number of carboxylic acids is 2. The van der Waals surface area contributed by atoms with Crippen LogP contribution in [0.4, 0.5) is 26.3 Å². The number of carbonyl (C=O) groups is 3. The standard InChI is InChI=1S/C23H27N3O.2C2HF3O2/c27-22(18-6-5-11-24-17-18)26-14-9-23(10-15-26)16-21(25-12-3-4-13-25)19-7-1-2-8-20(19)23;2*3-2(4,5)1(6)7/h1-2,5-8,11,17,21H,3-4,9-10,12-16H2;2*(H,6,7). The number of nitrogens with zero attached hydrogens (tertiary/aromatic N) is 3. The molecule has 1 atom stereocenters. The summed E-state index contributed by atoms with van der Waals surface area (Å²) < 4.78 is 63.5. The van der Waals surface area contributed by atoms with Crippen molar-refractivity contribution in [3.63, 3.8) is 0 Å². The van der Waals surface area contributed by atoms with Gasteiger partial charge in [0.25, 0.3) is 5.91 Å². The molecule has 0 radical (unpaired) electrons. The molecule has 5 rings (SSSR count). The molecule has 2 N–H and O–H groups in total. The Balaban J connectivity index is 0.000000276. The molecule has 0 saturated carbocycles. The van der Waals surface area contributed by atoms with Gasteiger partial charge in [0, 0.05) is 36.9 Å². The van der Waals surface area contributed by atoms with Crippen LogP contribution in [0.15, 0.2) is 48.8 Å². The van der Waals surface area contributed by atoms with Gasteiger partial charge in [-0.05, 0) is 68.5 Å². The van der Waals surface area contributed by atoms with Crippen LogP contribution < -0.4 is 0 Å². The third-order valence-corrected chi connectivity index (χ3v) is 7.46. The summed E-state index contributed by atoms with van der Waals surface area (Å²) in [6, 6.07) is 13.4. The molecule has 1 unspecified atom stereocenters. The van der Waals surface area contributed by atoms with Crippen molar-refractivity contribution in [1.82, 2.24) is 14.8 Å². The summed E-state index contributed by atoms with van der Waals surface area (Å²) in [7, 11) is 0. The molecule has 1 amide bonds. The number of aliphatic carboxylic acids is 2. The number of amides is 1. The van der Waals surface area contributed by atoms with E-state index in [4.69, 9.17) is 19.8 Å². The second kappa shape index (κ2) is 12.9. The Morgan fingerprint density at radius 3 is 1.85 bits per heavy atom. The molecule has 41 heavy (non-hydrogen) atoms. The normalized spacial score (nSPS) is 19.9. The average molecular weight is 590 g/mol. The highest BCUT2D eigenvalue weighted by molar-refractivity contribution is 5.94. The van der Waals surface area contributed by atoms with E-state index < -0.39 is 24.3 Å². The van der Waals surface area contributed by atoms with Crippen molar-refractivity contribution in [2.75, 3.05) is 26.2 Å². The van der Waals surface area contributed by atoms with Gasteiger partial charge in [-0.1, -0.05) is 24.3 Å². The molecule has 1 aromatic heterocycles. The molecule has 2 saturated heterocycles. The smallest absolute Gasteiger partial charge is 0.475 e. The molecular formula is C27H29F6N3O5. The fraction of sp³-hybridized carbons (Fsp3) is 0.481. The highest BCUT2D eigenvalue weighted by Crippen LogP contribution is 2.53. The van der Waals surface area contributed by atoms with Crippen LogP contribution in [0.5, 0.6) is 0 Å². The fourth-order valence-corrected chi connectivity index (χ4v) is 5.52. The maximum Gasteiger partial charge on any atom is 0.490 e. The van der Waals surface area contributed by atoms with Crippen LogP contribution in [0, 0.1) is 0 Å². The SMILES string of the molecule is O=C(O)C(F)(F)F.O=C(O)C(F)(F)F.O=C(c1cccnc1)N1CCC2(CC1)CC(N1CCCC1)c1ccccc12. The molecule has 1 aromatic carbocycles. The first-order chi connectivity index (χ1) is 19.2. The fourth-order valence-electron chi connectivity index (χ4n) is 5.52. The zero-order chi connectivity index (χ0) is 30.4. The van der Waals surface area contributed by atoms with Crippen LogP contribution in [0.25, 0.3) is 0 Å². The number of aromatic nitrogens is 1. The number of rotatable bonds is 2. The van der Waals surface area contributed by atoms with Crippen LogP contribution in [0.2, 0.25) is 0 Å². The van der Waals surface area contributed by atoms with E-state index in [1.165, 1.54) is 32.4 Å². The molecule has 2 aliphatic heterocycles. The first kappa shape index (κ1) is 31.8. The summed E-state index contributed by atoms with van der Waals surface area (Å²) in [4.78, 5) is 39.4. The molecular weight excluding hydrogens is 560 g/mol. The Bertz CT molecular complexity index is 1180. The molecule has 2 fully saturated rings. The van der Waals surface area contributed by atoms with Crippen molar-refractivity contribution in [3.05, 3.63) is 65.5 Å². The zero-order valence-corrected chi connectivity index (χ0v) is 21.8. The Morgan fingerprint density at radius 2 is 1.37 bits per heavy atom. The third-order valence-electron chi connectivity index (χ3n) is 7.46. The van der Waals surface area contributed by atoms with E-state index in [9.17, 15) is 31.1 Å². The third kappa shape index (κ3) is 7.96. The van der Waals surface area contributed by atoms with Gasteiger partial charge in [-0.15, -0.1) is 0 Å². The van der Waals surface area contributed by atoms with Gasteiger partial charge in [0.1, 0.15) is 0 Å². The van der Waals surface area contributed by atoms with Gasteiger partial charge in [-0.2, -0.15) is 26.3 Å². The zero-order valence-electron chi connectivity index (χ0n) is 21.8. The number of carboxylic acid groups (broad SMARTS) is 2. The highest BCUT2D eigenvalue weighted by Gasteiger charge is 2.47. The molecule has 8 nitrogen and oxygen atoms in total. The Hall–Kier alpha value is -3.68. The molecule has 224 valence electrons. The van der Waals surface area contributed by atoms with Crippen LogP contribution in [0.1, 0.15) is 59.6 Å². The molecule has 14 heteroatoms. The number of fused-ring (bicyclic) bond motifs is 2. The number of pyridine rings is 1. The quantitative estimate of drug-likeness (QED) is 0.471. The Morgan fingerprint density at radius 1 is 0.829 bits per heavy atom. The monoisotopic (exact) mass is 589 g/mol. The van der Waals surface area contributed by atoms with E-state index in [0.29, 0.717) is 11.6 Å². The number of benzene rings is 1. The van der Waals surface area contributed by atoms with E-state index in [1.54, 1.807) is 23.5 Å². The van der Waals surface area contributed by atoms with E-state index in [2.05, 4.69) is 34.1 Å². The molecule has 2 aromatic rings. The number of likely N-dealkylation sites (tertiary alicyclic amines) is 2. The van der Waals surface area contributed by atoms with Gasteiger partial charge >= 0.3 is 24.3 Å². The number of hydrogen-bond acceptors (Lipinski definition) is 5. The number of piperidine rings is 1. The van der Waals surface area contributed by atoms with Crippen LogP contribution >= 0.6 is 0 Å². The van der Waals surface area contributed by atoms with Crippen molar-refractivity contribution in [2.45, 2.75) is 55.9 Å². The van der Waals surface area contributed by atoms with Crippen molar-refractivity contribution in [1.29, 1.82) is 0 Å². The van der Waals surface area contributed by atoms with Gasteiger partial charge in [0.05, 0.1) is 5.56 Å². The predicted molar refractivity (Wildman–Crippen MR) is 133 cm³/mol. The second-order valence-electron chi connectivity index (χ2n) is 9.97. The molecule has 1 aliphatic carbocycles. The maximum absolute atomic E-state index is 12.8. The minimum Gasteiger partial charge on any atom is -0.475 e. The lowest BCUT2D eigenvalue weighted by molar-refractivity contribution is -0.193. The molecule has 1 spiro atoms. The lowest BCUT2D eigenvalue weighted by Crippen LogP contribution is -2.44. The van der Waals surface area contributed by atoms with E-state index >= 15 is 0 Å². The topological polar surface area (TPSA) is 111 Å². The number of alkyl halides is 6. The molecule has 3 heterocycles. The van der Waals surface area contributed by atoms with Gasteiger partial charge < -0.3 is 15.1 Å². The van der Waals surface area contributed by atoms with Crippen molar-refractivity contribution in [2.24, 2.45) is 0 Å². The van der Waals surface area contributed by atoms with Gasteiger partial charge in [0.2, 0.25) is 0 Å². The summed E-state index contributed by atoms with van der Waals surface area (Å²) in [5.74, 6) is -5.39. The minimum atomic E-state index is -5.08. The van der Waals surface area contributed by atoms with E-state index in [-0.39, 0.29) is 11.3 Å². The highest BCUT2D eigenvalue weighted by atomic mass is 19.4. The van der Waals surface area contributed by atoms with Crippen molar-refractivity contribution in [3.8, 4) is 0 Å². The number of halogens is 6. The Labute approximate surface area is 231 Å². The first-order valence-electron chi connectivity index (χ1n) is 12.8. The van der Waals surface area contributed by atoms with Crippen molar-refractivity contribution >= 4 is 17.8 Å². The van der Waals surface area contributed by atoms with Crippen LogP contribution in [-0.4, -0.2) is 81.4 Å². The van der Waals surface area contributed by atoms with Crippen molar-refractivity contribution < 1.29 is 50.9 Å². The summed E-state index contributed by atoms with van der Waals surface area (Å²) in [5, 5.41) is 14.2. The Kier molecular flexibility index (Phi) is 10.0. The van der Waals surface area contributed by atoms with Gasteiger partial charge in [0.15, 0.2) is 0 Å². The van der Waals surface area contributed by atoms with Crippen LogP contribution in [-0.2, 0) is 15.0 Å². The van der Waals surface area contributed by atoms with Gasteiger partial charge in [-0.3, -0.25) is 14.7 Å². The summed E-state index contributed by atoms with van der Waals surface area (Å²) >= 11 is 0. The largest absolute Gasteiger partial charge is 0.490 e. The van der Waals surface area contributed by atoms with Crippen LogP contribution in [0.3, 0.4) is 0 Å². The lowest BCUT2D eigenvalue weighted by atomic mass is 9.73. The summed E-state index contributed by atoms with van der Waals surface area (Å²) in [6.45, 7) is 4.16. The van der Waals surface area contributed by atoms with E-state index in [0.717, 1.165) is 25.9 Å². The second-order valence-corrected chi connectivity index (χ2v) is 9.97. The predicted octanol–water partition coefficient (Wildman–Crippen LogP) is 5.06. The summed E-state index contributed by atoms with van der Waals surface area (Å²) in [5.41, 5.74) is 4.05. The minimum absolute atomic E-state index is 0.125. The summed E-state index contributed by atoms with van der Waals surface area (Å²) in [6.07, 6.45) is -0.739. The lowest BCUT2D eigenvalue weighted by Gasteiger charge is -2.40. The first-order valence-corrected chi connectivity index (χ1v) is 12.8. The number of carbonyl (C=O) groups excluding carboxylic acids is 1. The van der Waals surface area contributed by atoms with Gasteiger partial charge in [-0.25, -0.2) is 9.59 Å². The van der Waals surface area contributed by atoms with E-state index in [1.807, 2.05) is 17.0 Å². The maximum atomic E-state index is 12.8.